The summed E-state index contributed by atoms with van der Waals surface area (Å²) in [6, 6.07) is 10.6. The van der Waals surface area contributed by atoms with E-state index in [9.17, 15) is 4.79 Å². The highest BCUT2D eigenvalue weighted by molar-refractivity contribution is 5.88. The minimum atomic E-state index is 0.249. The third-order valence-corrected chi connectivity index (χ3v) is 5.82. The van der Waals surface area contributed by atoms with E-state index in [0.29, 0.717) is 12.3 Å². The van der Waals surface area contributed by atoms with E-state index in [-0.39, 0.29) is 5.91 Å². The molecule has 2 fully saturated rings. The van der Waals surface area contributed by atoms with E-state index in [2.05, 4.69) is 29.4 Å². The van der Waals surface area contributed by atoms with Gasteiger partial charge in [-0.15, -0.1) is 0 Å². The standard InChI is InChI=1S/C22H24N4O/c1-25-21(8-9-23-25)20-14-17(16-5-6-16)18-12-15(4-7-19(18)24-20)13-22(27)26-10-2-3-11-26/h4,7-9,12,14,16H,2-3,5-6,10-11,13H2,1H3. The first-order valence-electron chi connectivity index (χ1n) is 9.89. The Morgan fingerprint density at radius 1 is 1.15 bits per heavy atom. The topological polar surface area (TPSA) is 51.0 Å². The molecular formula is C22H24N4O. The molecule has 0 N–H and O–H groups in total. The summed E-state index contributed by atoms with van der Waals surface area (Å²) in [4.78, 5) is 19.4. The SMILES string of the molecule is Cn1nccc1-c1cc(C2CC2)c2cc(CC(=O)N3CCCC3)ccc2n1. The average Bonchev–Trinajstić information content (AvgIpc) is 3.18. The van der Waals surface area contributed by atoms with Crippen LogP contribution in [0.15, 0.2) is 36.5 Å². The first-order chi connectivity index (χ1) is 13.2. The molecule has 1 saturated carbocycles. The normalized spacial score (nSPS) is 17.0. The highest BCUT2D eigenvalue weighted by Crippen LogP contribution is 2.44. The third kappa shape index (κ3) is 3.11. The van der Waals surface area contributed by atoms with E-state index < -0.39 is 0 Å². The summed E-state index contributed by atoms with van der Waals surface area (Å²) in [5, 5.41) is 5.49. The quantitative estimate of drug-likeness (QED) is 0.713. The van der Waals surface area contributed by atoms with Gasteiger partial charge in [-0.3, -0.25) is 9.48 Å². The number of carbonyl (C=O) groups excluding carboxylic acids is 1. The summed E-state index contributed by atoms with van der Waals surface area (Å²) in [7, 11) is 1.95. The van der Waals surface area contributed by atoms with Crippen LogP contribution in [0.4, 0.5) is 0 Å². The minimum absolute atomic E-state index is 0.249. The Morgan fingerprint density at radius 2 is 1.96 bits per heavy atom. The van der Waals surface area contributed by atoms with Crippen LogP contribution in [0.5, 0.6) is 0 Å². The number of aromatic nitrogens is 3. The van der Waals surface area contributed by atoms with Crippen LogP contribution in [0.3, 0.4) is 0 Å². The summed E-state index contributed by atoms with van der Waals surface area (Å²) >= 11 is 0. The van der Waals surface area contributed by atoms with Gasteiger partial charge >= 0.3 is 0 Å². The zero-order chi connectivity index (χ0) is 18.4. The van der Waals surface area contributed by atoms with E-state index in [1.165, 1.54) is 23.8 Å². The average molecular weight is 360 g/mol. The summed E-state index contributed by atoms with van der Waals surface area (Å²) in [6.45, 7) is 1.82. The van der Waals surface area contributed by atoms with Crippen molar-refractivity contribution in [3.05, 3.63) is 47.7 Å². The largest absolute Gasteiger partial charge is 0.342 e. The second-order valence-corrected chi connectivity index (χ2v) is 7.83. The maximum Gasteiger partial charge on any atom is 0.226 e. The maximum atomic E-state index is 12.5. The van der Waals surface area contributed by atoms with E-state index in [4.69, 9.17) is 4.98 Å². The van der Waals surface area contributed by atoms with Crippen molar-refractivity contribution in [1.82, 2.24) is 19.7 Å². The van der Waals surface area contributed by atoms with E-state index in [1.807, 2.05) is 28.9 Å². The fourth-order valence-corrected chi connectivity index (χ4v) is 4.15. The second kappa shape index (κ2) is 6.48. The Balaban J connectivity index is 1.53. The van der Waals surface area contributed by atoms with Crippen molar-refractivity contribution in [2.45, 2.75) is 38.0 Å². The Bertz CT molecular complexity index is 1010. The van der Waals surface area contributed by atoms with Crippen molar-refractivity contribution in [3.63, 3.8) is 0 Å². The molecule has 1 aromatic carbocycles. The van der Waals surface area contributed by atoms with Crippen LogP contribution in [0.2, 0.25) is 0 Å². The minimum Gasteiger partial charge on any atom is -0.342 e. The van der Waals surface area contributed by atoms with Crippen LogP contribution in [-0.4, -0.2) is 38.7 Å². The lowest BCUT2D eigenvalue weighted by Gasteiger charge is -2.16. The molecule has 27 heavy (non-hydrogen) atoms. The van der Waals surface area contributed by atoms with Gasteiger partial charge in [0.1, 0.15) is 0 Å². The Morgan fingerprint density at radius 3 is 2.67 bits per heavy atom. The Labute approximate surface area is 159 Å². The number of likely N-dealkylation sites (tertiary alicyclic amines) is 1. The number of hydrogen-bond donors (Lipinski definition) is 0. The number of benzene rings is 1. The van der Waals surface area contributed by atoms with Gasteiger partial charge in [-0.2, -0.15) is 5.10 Å². The molecule has 2 aromatic heterocycles. The summed E-state index contributed by atoms with van der Waals surface area (Å²) in [6.07, 6.45) is 7.04. The zero-order valence-electron chi connectivity index (χ0n) is 15.7. The van der Waals surface area contributed by atoms with Crippen LogP contribution in [-0.2, 0) is 18.3 Å². The molecule has 5 nitrogen and oxygen atoms in total. The maximum absolute atomic E-state index is 12.5. The molecule has 2 aliphatic rings. The molecule has 0 spiro atoms. The fraction of sp³-hybridized carbons (Fsp3) is 0.409. The van der Waals surface area contributed by atoms with Crippen LogP contribution in [0.1, 0.15) is 42.7 Å². The highest BCUT2D eigenvalue weighted by Gasteiger charge is 2.27. The van der Waals surface area contributed by atoms with E-state index >= 15 is 0 Å². The number of rotatable bonds is 4. The molecule has 1 aliphatic carbocycles. The summed E-state index contributed by atoms with van der Waals surface area (Å²) in [5.41, 5.74) is 5.48. The molecule has 138 valence electrons. The molecule has 5 heteroatoms. The summed E-state index contributed by atoms with van der Waals surface area (Å²) < 4.78 is 1.87. The molecule has 0 unspecified atom stereocenters. The van der Waals surface area contributed by atoms with Gasteiger partial charge in [-0.05, 0) is 67.0 Å². The number of fused-ring (bicyclic) bond motifs is 1. The lowest BCUT2D eigenvalue weighted by molar-refractivity contribution is -0.129. The lowest BCUT2D eigenvalue weighted by atomic mass is 9.99. The van der Waals surface area contributed by atoms with Crippen molar-refractivity contribution in [3.8, 4) is 11.4 Å². The molecule has 3 aromatic rings. The fourth-order valence-electron chi connectivity index (χ4n) is 4.15. The van der Waals surface area contributed by atoms with Gasteiger partial charge in [0.05, 0.1) is 23.3 Å². The Hall–Kier alpha value is -2.69. The van der Waals surface area contributed by atoms with Gasteiger partial charge in [0, 0.05) is 31.7 Å². The zero-order valence-corrected chi connectivity index (χ0v) is 15.7. The monoisotopic (exact) mass is 360 g/mol. The van der Waals surface area contributed by atoms with Crippen LogP contribution >= 0.6 is 0 Å². The second-order valence-electron chi connectivity index (χ2n) is 7.83. The van der Waals surface area contributed by atoms with Gasteiger partial charge < -0.3 is 4.90 Å². The molecular weight excluding hydrogens is 336 g/mol. The van der Waals surface area contributed by atoms with Crippen molar-refractivity contribution < 1.29 is 4.79 Å². The van der Waals surface area contributed by atoms with Crippen molar-refractivity contribution in [2.75, 3.05) is 13.1 Å². The lowest BCUT2D eigenvalue weighted by Crippen LogP contribution is -2.29. The van der Waals surface area contributed by atoms with Crippen molar-refractivity contribution >= 4 is 16.8 Å². The van der Waals surface area contributed by atoms with Crippen molar-refractivity contribution in [1.29, 1.82) is 0 Å². The highest BCUT2D eigenvalue weighted by atomic mass is 16.2. The number of carbonyl (C=O) groups is 1. The smallest absolute Gasteiger partial charge is 0.226 e. The van der Waals surface area contributed by atoms with Gasteiger partial charge in [0.2, 0.25) is 5.91 Å². The van der Waals surface area contributed by atoms with Gasteiger partial charge in [-0.25, -0.2) is 4.98 Å². The van der Waals surface area contributed by atoms with Crippen LogP contribution < -0.4 is 0 Å². The molecule has 1 aliphatic heterocycles. The number of hydrogen-bond acceptors (Lipinski definition) is 3. The van der Waals surface area contributed by atoms with Crippen LogP contribution in [0.25, 0.3) is 22.3 Å². The van der Waals surface area contributed by atoms with Crippen LogP contribution in [0, 0.1) is 0 Å². The number of aryl methyl sites for hydroxylation is 1. The van der Waals surface area contributed by atoms with Gasteiger partial charge in [0.25, 0.3) is 0 Å². The first-order valence-corrected chi connectivity index (χ1v) is 9.89. The third-order valence-electron chi connectivity index (χ3n) is 5.82. The van der Waals surface area contributed by atoms with E-state index in [0.717, 1.165) is 48.4 Å². The van der Waals surface area contributed by atoms with E-state index in [1.54, 1.807) is 0 Å². The predicted molar refractivity (Wildman–Crippen MR) is 105 cm³/mol. The predicted octanol–water partition coefficient (Wildman–Crippen LogP) is 3.68. The molecule has 1 saturated heterocycles. The molecule has 3 heterocycles. The number of pyridine rings is 1. The molecule has 0 atom stereocenters. The first kappa shape index (κ1) is 16.5. The molecule has 0 bridgehead atoms. The molecule has 1 amide bonds. The molecule has 0 radical (unpaired) electrons. The number of amides is 1. The molecule has 5 rings (SSSR count). The van der Waals surface area contributed by atoms with Crippen molar-refractivity contribution in [2.24, 2.45) is 7.05 Å². The van der Waals surface area contributed by atoms with Gasteiger partial charge in [-0.1, -0.05) is 6.07 Å². The van der Waals surface area contributed by atoms with Gasteiger partial charge in [0.15, 0.2) is 0 Å². The summed E-state index contributed by atoms with van der Waals surface area (Å²) in [5.74, 6) is 0.867. The Kier molecular flexibility index (Phi) is 3.96. The number of nitrogens with zero attached hydrogens (tertiary/aromatic N) is 4.